The van der Waals surface area contributed by atoms with E-state index < -0.39 is 30.1 Å². The number of phenolic OH excluding ortho intramolecular Hbond substituents is 2. The summed E-state index contributed by atoms with van der Waals surface area (Å²) >= 11 is 0. The molecule has 7 rings (SSSR count). The summed E-state index contributed by atoms with van der Waals surface area (Å²) in [6, 6.07) is 18.6. The molecule has 10 nitrogen and oxygen atoms in total. The number of phenols is 2. The zero-order valence-electron chi connectivity index (χ0n) is 32.3. The Hall–Kier alpha value is -4.48. The molecule has 0 radical (unpaired) electrons. The molecule has 1 saturated carbocycles. The lowest BCUT2D eigenvalue weighted by Gasteiger charge is -2.45. The molecule has 5 unspecified atom stereocenters. The Morgan fingerprint density at radius 2 is 1.69 bits per heavy atom. The molecule has 2 heterocycles. The molecule has 4 aromatic rings. The predicted molar refractivity (Wildman–Crippen MR) is 210 cm³/mol. The minimum absolute atomic E-state index is 0.0806. The molecule has 55 heavy (non-hydrogen) atoms. The van der Waals surface area contributed by atoms with Crippen LogP contribution in [0.3, 0.4) is 0 Å². The van der Waals surface area contributed by atoms with Gasteiger partial charge in [0.25, 0.3) is 0 Å². The van der Waals surface area contributed by atoms with E-state index in [0.717, 1.165) is 59.1 Å². The molecule has 0 amide bonds. The number of rotatable bonds is 14. The zero-order chi connectivity index (χ0) is 38.6. The average Bonchev–Trinajstić information content (AvgIpc) is 3.69. The van der Waals surface area contributed by atoms with Crippen molar-refractivity contribution in [3.05, 3.63) is 94.0 Å². The molecular weight excluding hydrogens is 698 g/mol. The summed E-state index contributed by atoms with van der Waals surface area (Å²) < 4.78 is 31.1. The van der Waals surface area contributed by atoms with E-state index in [-0.39, 0.29) is 24.2 Å². The molecule has 2 aliphatic heterocycles. The summed E-state index contributed by atoms with van der Waals surface area (Å²) in [6.07, 6.45) is 4.21. The van der Waals surface area contributed by atoms with E-state index in [4.69, 9.17) is 23.7 Å². The first-order valence-corrected chi connectivity index (χ1v) is 19.7. The maximum Gasteiger partial charge on any atom is 0.128 e. The third-order valence-electron chi connectivity index (χ3n) is 11.6. The summed E-state index contributed by atoms with van der Waals surface area (Å²) in [6.45, 7) is 3.27. The topological polar surface area (TPSA) is 139 Å². The van der Waals surface area contributed by atoms with Gasteiger partial charge in [0.2, 0.25) is 0 Å². The Balaban J connectivity index is 1.29. The van der Waals surface area contributed by atoms with Crippen LogP contribution in [0.2, 0.25) is 0 Å². The van der Waals surface area contributed by atoms with Gasteiger partial charge in [-0.25, -0.2) is 0 Å². The van der Waals surface area contributed by atoms with Crippen LogP contribution in [0, 0.1) is 11.8 Å². The van der Waals surface area contributed by atoms with Crippen molar-refractivity contribution in [2.24, 2.45) is 11.8 Å². The van der Waals surface area contributed by atoms with Crippen LogP contribution in [-0.2, 0) is 24.1 Å². The van der Waals surface area contributed by atoms with E-state index in [1.165, 1.54) is 0 Å². The maximum absolute atomic E-state index is 12.5. The predicted octanol–water partition coefficient (Wildman–Crippen LogP) is 7.55. The highest BCUT2D eigenvalue weighted by molar-refractivity contribution is 5.72. The SMILES string of the molecule is CCc1cc(-c2cccc(O)c2)c(Cc2cc(OC3CCCC3)cc3c2OCC(C2C(CCCOC)Oc4cc(CNC)c(OC)cc4C2O)C3O)cc1O. The van der Waals surface area contributed by atoms with E-state index in [0.29, 0.717) is 73.0 Å². The van der Waals surface area contributed by atoms with Gasteiger partial charge in [0.1, 0.15) is 40.6 Å². The molecule has 0 bridgehead atoms. The number of fused-ring (bicyclic) bond motifs is 2. The molecule has 5 atom stereocenters. The van der Waals surface area contributed by atoms with Gasteiger partial charge in [0, 0.05) is 60.8 Å². The Kier molecular flexibility index (Phi) is 12.1. The standard InChI is InChI=1S/C45H55NO9/c1-5-26-19-34(27-10-8-11-31(47)17-27)28(20-38(26)48)16-29-18-33(54-32-12-6-7-13-32)22-36-43(49)37(25-53-45(29)36)42-39(14-9-15-51-3)55-41-21-30(24-46-2)40(52-4)23-35(41)44(42)50/h8,10-11,17-23,32,37,39,42-44,46-50H,5-7,9,12-16,24-25H2,1-4H3. The van der Waals surface area contributed by atoms with Crippen molar-refractivity contribution in [2.75, 3.05) is 34.5 Å². The highest BCUT2D eigenvalue weighted by Gasteiger charge is 2.48. The molecule has 1 aliphatic carbocycles. The van der Waals surface area contributed by atoms with Crippen LogP contribution in [-0.4, -0.2) is 67.1 Å². The van der Waals surface area contributed by atoms with Crippen LogP contribution in [0.1, 0.15) is 91.0 Å². The largest absolute Gasteiger partial charge is 0.508 e. The highest BCUT2D eigenvalue weighted by atomic mass is 16.5. The quantitative estimate of drug-likeness (QED) is 0.0821. The first-order chi connectivity index (χ1) is 26.7. The Morgan fingerprint density at radius 1 is 0.873 bits per heavy atom. The van der Waals surface area contributed by atoms with Crippen molar-refractivity contribution < 1.29 is 44.1 Å². The fraction of sp³-hybridized carbons (Fsp3) is 0.467. The Labute approximate surface area is 324 Å². The number of methoxy groups -OCH3 is 2. The Bertz CT molecular complexity index is 1960. The van der Waals surface area contributed by atoms with E-state index >= 15 is 0 Å². The van der Waals surface area contributed by atoms with Crippen LogP contribution >= 0.6 is 0 Å². The van der Waals surface area contributed by atoms with Gasteiger partial charge in [0.15, 0.2) is 0 Å². The van der Waals surface area contributed by atoms with Crippen molar-refractivity contribution in [1.82, 2.24) is 5.32 Å². The minimum atomic E-state index is -1.00. The third-order valence-corrected chi connectivity index (χ3v) is 11.6. The second-order valence-electron chi connectivity index (χ2n) is 15.2. The minimum Gasteiger partial charge on any atom is -0.508 e. The van der Waals surface area contributed by atoms with Crippen LogP contribution < -0.4 is 24.3 Å². The number of aliphatic hydroxyl groups excluding tert-OH is 2. The van der Waals surface area contributed by atoms with Gasteiger partial charge in [-0.2, -0.15) is 0 Å². The molecule has 0 aromatic heterocycles. The summed E-state index contributed by atoms with van der Waals surface area (Å²) in [5, 5.41) is 49.3. The average molecular weight is 754 g/mol. The molecule has 3 aliphatic rings. The summed E-state index contributed by atoms with van der Waals surface area (Å²) in [5.74, 6) is 1.83. The number of aliphatic hydroxyl groups is 2. The highest BCUT2D eigenvalue weighted by Crippen LogP contribution is 2.52. The number of benzene rings is 4. The molecule has 0 spiro atoms. The third kappa shape index (κ3) is 8.10. The normalized spacial score (nSPS) is 22.0. The number of ether oxygens (including phenoxy) is 5. The zero-order valence-corrected chi connectivity index (χ0v) is 32.3. The van der Waals surface area contributed by atoms with Crippen LogP contribution in [0.15, 0.2) is 60.7 Å². The molecular formula is C45H55NO9. The van der Waals surface area contributed by atoms with E-state index in [9.17, 15) is 20.4 Å². The lowest BCUT2D eigenvalue weighted by Crippen LogP contribution is -2.46. The van der Waals surface area contributed by atoms with Crippen LogP contribution in [0.25, 0.3) is 11.1 Å². The van der Waals surface area contributed by atoms with Crippen molar-refractivity contribution in [1.29, 1.82) is 0 Å². The Morgan fingerprint density at radius 3 is 2.42 bits per heavy atom. The maximum atomic E-state index is 12.5. The second-order valence-corrected chi connectivity index (χ2v) is 15.2. The smallest absolute Gasteiger partial charge is 0.128 e. The van der Waals surface area contributed by atoms with E-state index in [1.807, 2.05) is 56.4 Å². The van der Waals surface area contributed by atoms with Gasteiger partial charge in [0.05, 0.1) is 32.0 Å². The summed E-state index contributed by atoms with van der Waals surface area (Å²) in [5.41, 5.74) is 6.34. The lowest BCUT2D eigenvalue weighted by molar-refractivity contribution is -0.0890. The number of hydrogen-bond acceptors (Lipinski definition) is 10. The van der Waals surface area contributed by atoms with Gasteiger partial charge in [-0.05, 0) is 123 Å². The van der Waals surface area contributed by atoms with Crippen molar-refractivity contribution in [3.8, 4) is 45.6 Å². The molecule has 294 valence electrons. The number of hydrogen-bond donors (Lipinski definition) is 5. The summed E-state index contributed by atoms with van der Waals surface area (Å²) in [4.78, 5) is 0. The first kappa shape index (κ1) is 38.8. The number of aromatic hydroxyl groups is 2. The van der Waals surface area contributed by atoms with Gasteiger partial charge < -0.3 is 49.4 Å². The molecule has 0 saturated heterocycles. The van der Waals surface area contributed by atoms with Gasteiger partial charge in [-0.3, -0.25) is 0 Å². The second kappa shape index (κ2) is 17.1. The van der Waals surface area contributed by atoms with Gasteiger partial charge in [-0.15, -0.1) is 0 Å². The van der Waals surface area contributed by atoms with Crippen molar-refractivity contribution in [2.45, 2.75) is 89.3 Å². The molecule has 5 N–H and O–H groups in total. The van der Waals surface area contributed by atoms with Gasteiger partial charge >= 0.3 is 0 Å². The number of nitrogens with one attached hydrogen (secondary N) is 1. The fourth-order valence-electron chi connectivity index (χ4n) is 8.86. The monoisotopic (exact) mass is 753 g/mol. The van der Waals surface area contributed by atoms with E-state index in [2.05, 4.69) is 5.32 Å². The van der Waals surface area contributed by atoms with E-state index in [1.54, 1.807) is 32.4 Å². The summed E-state index contributed by atoms with van der Waals surface area (Å²) in [7, 11) is 5.16. The van der Waals surface area contributed by atoms with Crippen molar-refractivity contribution >= 4 is 0 Å². The molecule has 10 heteroatoms. The lowest BCUT2D eigenvalue weighted by atomic mass is 9.72. The van der Waals surface area contributed by atoms with Gasteiger partial charge in [-0.1, -0.05) is 19.1 Å². The molecule has 4 aromatic carbocycles. The van der Waals surface area contributed by atoms with Crippen LogP contribution in [0.4, 0.5) is 0 Å². The number of aryl methyl sites for hydroxylation is 1. The molecule has 1 fully saturated rings. The fourth-order valence-corrected chi connectivity index (χ4v) is 8.86. The first-order valence-electron chi connectivity index (χ1n) is 19.7. The van der Waals surface area contributed by atoms with Crippen molar-refractivity contribution in [3.63, 3.8) is 0 Å². The van der Waals surface area contributed by atoms with Crippen LogP contribution in [0.5, 0.6) is 34.5 Å².